The molecule has 2 N–H and O–H groups in total. The Morgan fingerprint density at radius 1 is 0.880 bits per heavy atom. The van der Waals surface area contributed by atoms with Gasteiger partial charge in [0.2, 0.25) is 0 Å². The van der Waals surface area contributed by atoms with Crippen LogP contribution in [-0.4, -0.2) is 24.5 Å². The molecule has 3 aliphatic heterocycles. The predicted octanol–water partition coefficient (Wildman–Crippen LogP) is 5.26. The van der Waals surface area contributed by atoms with Crippen LogP contribution in [0.3, 0.4) is 0 Å². The first kappa shape index (κ1) is 19.5. The van der Waals surface area contributed by atoms with Crippen LogP contribution in [0.2, 0.25) is 0 Å². The Morgan fingerprint density at radius 3 is 1.80 bits per heavy atom. The number of benzene rings is 2. The maximum absolute atomic E-state index is 5.36. The second-order valence-electron chi connectivity index (χ2n) is 7.21. The topological polar surface area (TPSA) is 29.3 Å². The molecule has 0 unspecified atom stereocenters. The van der Waals surface area contributed by atoms with E-state index in [9.17, 15) is 0 Å². The lowest BCUT2D eigenvalue weighted by molar-refractivity contribution is 0.0512. The highest BCUT2D eigenvalue weighted by Crippen LogP contribution is 2.34. The molecule has 2 aromatic rings. The molecule has 2 aromatic carbocycles. The molecular weight excluding hydrogens is 304 g/mol. The van der Waals surface area contributed by atoms with Crippen molar-refractivity contribution in [3.8, 4) is 0 Å². The maximum Gasteiger partial charge on any atom is 0.0313 e. The van der Waals surface area contributed by atoms with Gasteiger partial charge in [-0.05, 0) is 61.9 Å². The van der Waals surface area contributed by atoms with Gasteiger partial charge < -0.3 is 10.6 Å². The largest absolute Gasteiger partial charge is 0.399 e. The summed E-state index contributed by atoms with van der Waals surface area (Å²) in [6.45, 7) is 8.31. The first-order chi connectivity index (χ1) is 12.2. The molecule has 2 heteroatoms. The van der Waals surface area contributed by atoms with E-state index in [4.69, 9.17) is 5.73 Å². The number of para-hydroxylation sites is 1. The van der Waals surface area contributed by atoms with Gasteiger partial charge in [-0.25, -0.2) is 0 Å². The van der Waals surface area contributed by atoms with Gasteiger partial charge in [0.25, 0.3) is 0 Å². The Balaban J connectivity index is 0.000000189. The minimum atomic E-state index is 0.822. The molecule has 0 radical (unpaired) electrons. The van der Waals surface area contributed by atoms with Gasteiger partial charge in [-0.3, -0.25) is 0 Å². The van der Waals surface area contributed by atoms with Crippen LogP contribution in [0.1, 0.15) is 38.7 Å². The van der Waals surface area contributed by atoms with Crippen molar-refractivity contribution in [3.63, 3.8) is 0 Å². The molecule has 2 bridgehead atoms. The van der Waals surface area contributed by atoms with Gasteiger partial charge in [-0.15, -0.1) is 0 Å². The van der Waals surface area contributed by atoms with Gasteiger partial charge in [0.1, 0.15) is 0 Å². The first-order valence-electron chi connectivity index (χ1n) is 9.79. The van der Waals surface area contributed by atoms with Crippen LogP contribution in [0.15, 0.2) is 60.7 Å². The molecule has 2 nitrogen and oxygen atoms in total. The third-order valence-corrected chi connectivity index (χ3v) is 4.93. The Labute approximate surface area is 154 Å². The molecule has 3 heterocycles. The van der Waals surface area contributed by atoms with Gasteiger partial charge in [-0.1, -0.05) is 68.8 Å². The SMILES string of the molecule is CCC.Nc1ccccc1.c1ccc(C[C@H]2CN3CCC2CC3)cc1. The van der Waals surface area contributed by atoms with Crippen molar-refractivity contribution >= 4 is 5.69 Å². The quantitative estimate of drug-likeness (QED) is 0.757. The van der Waals surface area contributed by atoms with Crippen LogP contribution in [0.25, 0.3) is 0 Å². The van der Waals surface area contributed by atoms with Crippen molar-refractivity contribution in [2.45, 2.75) is 39.5 Å². The van der Waals surface area contributed by atoms with Crippen molar-refractivity contribution in [1.82, 2.24) is 4.90 Å². The van der Waals surface area contributed by atoms with Crippen LogP contribution in [-0.2, 0) is 6.42 Å². The fourth-order valence-electron chi connectivity index (χ4n) is 3.69. The maximum atomic E-state index is 5.36. The fraction of sp³-hybridized carbons (Fsp3) is 0.478. The highest BCUT2D eigenvalue weighted by Gasteiger charge is 2.33. The van der Waals surface area contributed by atoms with Gasteiger partial charge in [-0.2, -0.15) is 0 Å². The smallest absolute Gasteiger partial charge is 0.0313 e. The molecule has 0 aliphatic carbocycles. The number of nitrogens with zero attached hydrogens (tertiary/aromatic N) is 1. The summed E-state index contributed by atoms with van der Waals surface area (Å²) in [5.74, 6) is 1.94. The third kappa shape index (κ3) is 6.91. The summed E-state index contributed by atoms with van der Waals surface area (Å²) >= 11 is 0. The minimum absolute atomic E-state index is 0.822. The number of hydrogen-bond acceptors (Lipinski definition) is 2. The molecule has 3 fully saturated rings. The number of nitrogen functional groups attached to an aromatic ring is 1. The average Bonchev–Trinajstić information content (AvgIpc) is 2.65. The number of rotatable bonds is 2. The number of hydrogen-bond donors (Lipinski definition) is 1. The highest BCUT2D eigenvalue weighted by molar-refractivity contribution is 5.35. The minimum Gasteiger partial charge on any atom is -0.399 e. The standard InChI is InChI=1S/C14H19N.C6H7N.C3H8/c1-2-4-12(5-3-1)10-14-11-15-8-6-13(14)7-9-15;7-6-4-2-1-3-5-6;1-3-2/h1-5,13-14H,6-11H2;1-5H,7H2;3H2,1-2H3/t14-;;/m0../s1. The number of nitrogens with two attached hydrogens (primary N) is 1. The first-order valence-corrected chi connectivity index (χ1v) is 9.79. The van der Waals surface area contributed by atoms with E-state index in [0.717, 1.165) is 17.5 Å². The van der Waals surface area contributed by atoms with E-state index >= 15 is 0 Å². The van der Waals surface area contributed by atoms with Crippen molar-refractivity contribution < 1.29 is 0 Å². The summed E-state index contributed by atoms with van der Waals surface area (Å²) in [7, 11) is 0. The van der Waals surface area contributed by atoms with E-state index in [1.165, 1.54) is 50.9 Å². The molecular formula is C23H34N2. The van der Waals surface area contributed by atoms with E-state index in [-0.39, 0.29) is 0 Å². The lowest BCUT2D eigenvalue weighted by Gasteiger charge is -2.45. The Bertz CT molecular complexity index is 559. The van der Waals surface area contributed by atoms with Crippen LogP contribution < -0.4 is 5.73 Å². The summed E-state index contributed by atoms with van der Waals surface area (Å²) in [5, 5.41) is 0. The molecule has 0 aromatic heterocycles. The summed E-state index contributed by atoms with van der Waals surface area (Å²) in [4.78, 5) is 2.65. The van der Waals surface area contributed by atoms with Crippen LogP contribution in [0.5, 0.6) is 0 Å². The van der Waals surface area contributed by atoms with Gasteiger partial charge in [0.15, 0.2) is 0 Å². The Hall–Kier alpha value is -1.80. The lowest BCUT2D eigenvalue weighted by Crippen LogP contribution is -2.48. The highest BCUT2D eigenvalue weighted by atomic mass is 15.1. The molecule has 5 rings (SSSR count). The average molecular weight is 339 g/mol. The van der Waals surface area contributed by atoms with E-state index in [2.05, 4.69) is 49.1 Å². The van der Waals surface area contributed by atoms with E-state index < -0.39 is 0 Å². The van der Waals surface area contributed by atoms with Crippen molar-refractivity contribution in [1.29, 1.82) is 0 Å². The predicted molar refractivity (Wildman–Crippen MR) is 110 cm³/mol. The molecule has 25 heavy (non-hydrogen) atoms. The molecule has 3 aliphatic rings. The van der Waals surface area contributed by atoms with Gasteiger partial charge in [0.05, 0.1) is 0 Å². The van der Waals surface area contributed by atoms with Crippen molar-refractivity contribution in [2.75, 3.05) is 25.4 Å². The monoisotopic (exact) mass is 338 g/mol. The zero-order chi connectivity index (χ0) is 17.9. The van der Waals surface area contributed by atoms with E-state index in [0.29, 0.717) is 0 Å². The zero-order valence-corrected chi connectivity index (χ0v) is 15.9. The van der Waals surface area contributed by atoms with E-state index in [1.807, 2.05) is 30.3 Å². The lowest BCUT2D eigenvalue weighted by atomic mass is 9.76. The van der Waals surface area contributed by atoms with Crippen LogP contribution >= 0.6 is 0 Å². The molecule has 3 saturated heterocycles. The number of anilines is 1. The molecule has 0 spiro atoms. The fourth-order valence-corrected chi connectivity index (χ4v) is 3.69. The van der Waals surface area contributed by atoms with Crippen LogP contribution in [0, 0.1) is 11.8 Å². The molecule has 1 atom stereocenters. The molecule has 0 amide bonds. The number of piperidine rings is 3. The Kier molecular flexibility index (Phi) is 8.54. The van der Waals surface area contributed by atoms with Crippen molar-refractivity contribution in [2.24, 2.45) is 11.8 Å². The summed E-state index contributed by atoms with van der Waals surface area (Å²) in [6, 6.07) is 20.5. The van der Waals surface area contributed by atoms with Crippen LogP contribution in [0.4, 0.5) is 5.69 Å². The summed E-state index contributed by atoms with van der Waals surface area (Å²) in [5.41, 5.74) is 7.70. The zero-order valence-electron chi connectivity index (χ0n) is 15.9. The van der Waals surface area contributed by atoms with Gasteiger partial charge in [0, 0.05) is 12.2 Å². The normalized spacial score (nSPS) is 23.7. The summed E-state index contributed by atoms with van der Waals surface area (Å²) in [6.07, 6.45) is 5.43. The van der Waals surface area contributed by atoms with Gasteiger partial charge >= 0.3 is 0 Å². The summed E-state index contributed by atoms with van der Waals surface area (Å²) < 4.78 is 0. The van der Waals surface area contributed by atoms with Crippen molar-refractivity contribution in [3.05, 3.63) is 66.2 Å². The second-order valence-corrected chi connectivity index (χ2v) is 7.21. The Morgan fingerprint density at radius 2 is 1.40 bits per heavy atom. The van der Waals surface area contributed by atoms with E-state index in [1.54, 1.807) is 0 Å². The second kappa shape index (κ2) is 10.9. The number of fused-ring (bicyclic) bond motifs is 3. The third-order valence-electron chi connectivity index (χ3n) is 4.93. The molecule has 136 valence electrons. The molecule has 0 saturated carbocycles.